The molecule has 1 amide bonds. The summed E-state index contributed by atoms with van der Waals surface area (Å²) in [4.78, 5) is 12.1. The van der Waals surface area contributed by atoms with E-state index in [1.54, 1.807) is 12.1 Å². The highest BCUT2D eigenvalue weighted by atomic mass is 79.9. The highest BCUT2D eigenvalue weighted by Crippen LogP contribution is 2.38. The summed E-state index contributed by atoms with van der Waals surface area (Å²) in [6.07, 6.45) is -0.469. The molecule has 1 saturated heterocycles. The SMILES string of the molecule is O=C(Nc1cc2c(cc1Br)OCCO2)C1CNCCO1. The Morgan fingerprint density at radius 1 is 1.25 bits per heavy atom. The van der Waals surface area contributed by atoms with E-state index in [0.29, 0.717) is 43.6 Å². The zero-order chi connectivity index (χ0) is 13.9. The number of carbonyl (C=O) groups excluding carboxylic acids is 1. The summed E-state index contributed by atoms with van der Waals surface area (Å²) in [6.45, 7) is 2.89. The van der Waals surface area contributed by atoms with Crippen molar-refractivity contribution >= 4 is 27.5 Å². The molecule has 6 nitrogen and oxygen atoms in total. The molecule has 3 rings (SSSR count). The summed E-state index contributed by atoms with van der Waals surface area (Å²) in [6, 6.07) is 3.55. The van der Waals surface area contributed by atoms with Gasteiger partial charge in [-0.15, -0.1) is 0 Å². The van der Waals surface area contributed by atoms with Crippen molar-refractivity contribution in [1.29, 1.82) is 0 Å². The van der Waals surface area contributed by atoms with Crippen LogP contribution in [0.25, 0.3) is 0 Å². The van der Waals surface area contributed by atoms with Gasteiger partial charge in [-0.25, -0.2) is 0 Å². The van der Waals surface area contributed by atoms with Crippen LogP contribution in [0.5, 0.6) is 11.5 Å². The minimum absolute atomic E-state index is 0.172. The highest BCUT2D eigenvalue weighted by molar-refractivity contribution is 9.10. The molecule has 1 aromatic rings. The third-order valence-electron chi connectivity index (χ3n) is 3.11. The molecule has 0 saturated carbocycles. The van der Waals surface area contributed by atoms with Crippen molar-refractivity contribution in [3.63, 3.8) is 0 Å². The fraction of sp³-hybridized carbons (Fsp3) is 0.462. The molecule has 2 heterocycles. The Hall–Kier alpha value is -1.31. The van der Waals surface area contributed by atoms with Crippen molar-refractivity contribution in [2.45, 2.75) is 6.10 Å². The number of anilines is 1. The van der Waals surface area contributed by atoms with E-state index in [1.807, 2.05) is 0 Å². The van der Waals surface area contributed by atoms with Crippen LogP contribution in [0.1, 0.15) is 0 Å². The summed E-state index contributed by atoms with van der Waals surface area (Å²) < 4.78 is 17.2. The zero-order valence-corrected chi connectivity index (χ0v) is 12.4. The highest BCUT2D eigenvalue weighted by Gasteiger charge is 2.23. The summed E-state index contributed by atoms with van der Waals surface area (Å²) in [5, 5.41) is 5.97. The van der Waals surface area contributed by atoms with Gasteiger partial charge < -0.3 is 24.8 Å². The lowest BCUT2D eigenvalue weighted by molar-refractivity contribution is -0.128. The summed E-state index contributed by atoms with van der Waals surface area (Å²) in [5.41, 5.74) is 0.647. The van der Waals surface area contributed by atoms with E-state index in [9.17, 15) is 4.79 Å². The number of rotatable bonds is 2. The van der Waals surface area contributed by atoms with Gasteiger partial charge in [0.1, 0.15) is 19.3 Å². The number of ether oxygens (including phenoxy) is 3. The van der Waals surface area contributed by atoms with Crippen molar-refractivity contribution in [1.82, 2.24) is 5.32 Å². The molecule has 0 spiro atoms. The average molecular weight is 343 g/mol. The van der Waals surface area contributed by atoms with Gasteiger partial charge in [0.05, 0.1) is 12.3 Å². The molecular weight excluding hydrogens is 328 g/mol. The second-order valence-electron chi connectivity index (χ2n) is 4.53. The fourth-order valence-corrected chi connectivity index (χ4v) is 2.53. The Labute approximate surface area is 124 Å². The first-order valence-corrected chi connectivity index (χ1v) is 7.25. The molecular formula is C13H15BrN2O4. The molecule has 2 N–H and O–H groups in total. The van der Waals surface area contributed by atoms with Gasteiger partial charge in [-0.3, -0.25) is 4.79 Å². The van der Waals surface area contributed by atoms with E-state index in [2.05, 4.69) is 26.6 Å². The fourth-order valence-electron chi connectivity index (χ4n) is 2.11. The maximum absolute atomic E-state index is 12.1. The van der Waals surface area contributed by atoms with Crippen LogP contribution in [0.3, 0.4) is 0 Å². The van der Waals surface area contributed by atoms with Crippen LogP contribution in [-0.2, 0) is 9.53 Å². The van der Waals surface area contributed by atoms with Crippen LogP contribution in [0.15, 0.2) is 16.6 Å². The topological polar surface area (TPSA) is 68.8 Å². The lowest BCUT2D eigenvalue weighted by atomic mass is 10.2. The van der Waals surface area contributed by atoms with E-state index < -0.39 is 6.10 Å². The summed E-state index contributed by atoms with van der Waals surface area (Å²) >= 11 is 3.42. The van der Waals surface area contributed by atoms with Gasteiger partial charge in [0.2, 0.25) is 0 Å². The smallest absolute Gasteiger partial charge is 0.254 e. The van der Waals surface area contributed by atoms with E-state index in [-0.39, 0.29) is 5.91 Å². The van der Waals surface area contributed by atoms with Gasteiger partial charge in [-0.2, -0.15) is 0 Å². The van der Waals surface area contributed by atoms with Crippen LogP contribution in [0, 0.1) is 0 Å². The van der Waals surface area contributed by atoms with Crippen molar-refractivity contribution in [2.24, 2.45) is 0 Å². The van der Waals surface area contributed by atoms with Crippen molar-refractivity contribution in [3.8, 4) is 11.5 Å². The Bertz CT molecular complexity index is 517. The molecule has 0 aliphatic carbocycles. The van der Waals surface area contributed by atoms with E-state index in [0.717, 1.165) is 11.0 Å². The number of morpholine rings is 1. The van der Waals surface area contributed by atoms with Crippen LogP contribution < -0.4 is 20.1 Å². The second-order valence-corrected chi connectivity index (χ2v) is 5.38. The Morgan fingerprint density at radius 2 is 2.00 bits per heavy atom. The Morgan fingerprint density at radius 3 is 2.70 bits per heavy atom. The largest absolute Gasteiger partial charge is 0.486 e. The molecule has 1 aromatic carbocycles. The van der Waals surface area contributed by atoms with Gasteiger partial charge in [0.15, 0.2) is 11.5 Å². The van der Waals surface area contributed by atoms with Gasteiger partial charge in [-0.05, 0) is 15.9 Å². The zero-order valence-electron chi connectivity index (χ0n) is 10.8. The minimum atomic E-state index is -0.469. The van der Waals surface area contributed by atoms with Gasteiger partial charge in [0, 0.05) is 29.7 Å². The number of hydrogen-bond donors (Lipinski definition) is 2. The lowest BCUT2D eigenvalue weighted by Gasteiger charge is -2.24. The third-order valence-corrected chi connectivity index (χ3v) is 3.77. The molecule has 1 fully saturated rings. The first-order chi connectivity index (χ1) is 9.74. The number of amides is 1. The van der Waals surface area contributed by atoms with Gasteiger partial charge >= 0.3 is 0 Å². The lowest BCUT2D eigenvalue weighted by Crippen LogP contribution is -2.45. The number of benzene rings is 1. The van der Waals surface area contributed by atoms with Crippen LogP contribution >= 0.6 is 15.9 Å². The predicted octanol–water partition coefficient (Wildman–Crippen LogP) is 1.15. The van der Waals surface area contributed by atoms with E-state index >= 15 is 0 Å². The van der Waals surface area contributed by atoms with Crippen molar-refractivity contribution < 1.29 is 19.0 Å². The maximum Gasteiger partial charge on any atom is 0.254 e. The molecule has 0 aromatic heterocycles. The van der Waals surface area contributed by atoms with Gasteiger partial charge in [0.25, 0.3) is 5.91 Å². The first kappa shape index (κ1) is 13.7. The summed E-state index contributed by atoms with van der Waals surface area (Å²) in [7, 11) is 0. The predicted molar refractivity (Wildman–Crippen MR) is 76.4 cm³/mol. The molecule has 108 valence electrons. The number of carbonyl (C=O) groups is 1. The molecule has 2 aliphatic heterocycles. The van der Waals surface area contributed by atoms with Gasteiger partial charge in [-0.1, -0.05) is 0 Å². The Balaban J connectivity index is 1.74. The molecule has 0 radical (unpaired) electrons. The van der Waals surface area contributed by atoms with Crippen LogP contribution in [0.4, 0.5) is 5.69 Å². The number of nitrogens with one attached hydrogen (secondary N) is 2. The monoisotopic (exact) mass is 342 g/mol. The molecule has 20 heavy (non-hydrogen) atoms. The number of fused-ring (bicyclic) bond motifs is 1. The minimum Gasteiger partial charge on any atom is -0.486 e. The normalized spacial score (nSPS) is 21.4. The van der Waals surface area contributed by atoms with Crippen molar-refractivity contribution in [3.05, 3.63) is 16.6 Å². The Kier molecular flexibility index (Phi) is 4.09. The number of halogens is 1. The molecule has 2 aliphatic rings. The van der Waals surface area contributed by atoms with Crippen LogP contribution in [-0.4, -0.2) is 44.9 Å². The standard InChI is InChI=1S/C13H15BrN2O4/c14-8-5-10-11(20-4-3-19-10)6-9(8)16-13(17)12-7-15-1-2-18-12/h5-6,12,15H,1-4,7H2,(H,16,17). The first-order valence-electron chi connectivity index (χ1n) is 6.46. The van der Waals surface area contributed by atoms with Crippen LogP contribution in [0.2, 0.25) is 0 Å². The quantitative estimate of drug-likeness (QED) is 0.843. The second kappa shape index (κ2) is 5.99. The van der Waals surface area contributed by atoms with E-state index in [1.165, 1.54) is 0 Å². The average Bonchev–Trinajstić information content (AvgIpc) is 2.49. The number of hydrogen-bond acceptors (Lipinski definition) is 5. The maximum atomic E-state index is 12.1. The van der Waals surface area contributed by atoms with E-state index in [4.69, 9.17) is 14.2 Å². The molecule has 7 heteroatoms. The third kappa shape index (κ3) is 2.89. The molecule has 1 unspecified atom stereocenters. The molecule has 0 bridgehead atoms. The summed E-state index contributed by atoms with van der Waals surface area (Å²) in [5.74, 6) is 1.14. The van der Waals surface area contributed by atoms with Crippen molar-refractivity contribution in [2.75, 3.05) is 38.2 Å². The molecule has 1 atom stereocenters.